The molecule has 3 heteroatoms. The molecule has 0 aromatic carbocycles. The quantitative estimate of drug-likeness (QED) is 0.703. The molecule has 2 N–H and O–H groups in total. The van der Waals surface area contributed by atoms with E-state index in [1.165, 1.54) is 25.7 Å². The molecule has 0 bridgehead atoms. The Hall–Kier alpha value is -0.570. The second-order valence-corrected chi connectivity index (χ2v) is 4.64. The van der Waals surface area contributed by atoms with E-state index >= 15 is 0 Å². The number of carbonyl (C=O) groups is 1. The van der Waals surface area contributed by atoms with Gasteiger partial charge in [0, 0.05) is 12.6 Å². The number of hydrogen-bond acceptors (Lipinski definition) is 2. The molecule has 1 atom stereocenters. The van der Waals surface area contributed by atoms with Gasteiger partial charge in [0.2, 0.25) is 5.91 Å². The van der Waals surface area contributed by atoms with Gasteiger partial charge in [-0.3, -0.25) is 4.79 Å². The van der Waals surface area contributed by atoms with E-state index < -0.39 is 0 Å². The van der Waals surface area contributed by atoms with Crippen molar-refractivity contribution in [1.29, 1.82) is 0 Å². The van der Waals surface area contributed by atoms with Crippen molar-refractivity contribution in [2.24, 2.45) is 5.92 Å². The van der Waals surface area contributed by atoms with Gasteiger partial charge in [0.1, 0.15) is 0 Å². The lowest BCUT2D eigenvalue weighted by atomic mass is 10.1. The molecule has 0 aromatic heterocycles. The van der Waals surface area contributed by atoms with Gasteiger partial charge in [0.25, 0.3) is 0 Å². The van der Waals surface area contributed by atoms with Crippen LogP contribution in [0.2, 0.25) is 0 Å². The van der Waals surface area contributed by atoms with E-state index in [0.29, 0.717) is 12.6 Å². The van der Waals surface area contributed by atoms with Crippen LogP contribution in [0, 0.1) is 5.92 Å². The Morgan fingerprint density at radius 2 is 2.07 bits per heavy atom. The first-order valence-corrected chi connectivity index (χ1v) is 6.22. The second-order valence-electron chi connectivity index (χ2n) is 4.64. The van der Waals surface area contributed by atoms with E-state index in [1.54, 1.807) is 0 Å². The Balaban J connectivity index is 2.02. The minimum absolute atomic E-state index is 0.141. The first-order valence-electron chi connectivity index (χ1n) is 6.22. The molecule has 0 spiro atoms. The van der Waals surface area contributed by atoms with Gasteiger partial charge in [-0.1, -0.05) is 19.8 Å². The molecule has 1 unspecified atom stereocenters. The van der Waals surface area contributed by atoms with Crippen LogP contribution >= 0.6 is 0 Å². The molecule has 88 valence electrons. The highest BCUT2D eigenvalue weighted by atomic mass is 16.1. The monoisotopic (exact) mass is 212 g/mol. The van der Waals surface area contributed by atoms with Crippen molar-refractivity contribution in [3.05, 3.63) is 0 Å². The first kappa shape index (κ1) is 12.5. The number of hydrogen-bond donors (Lipinski definition) is 2. The molecule has 1 amide bonds. The van der Waals surface area contributed by atoms with Gasteiger partial charge >= 0.3 is 0 Å². The van der Waals surface area contributed by atoms with Crippen molar-refractivity contribution in [3.63, 3.8) is 0 Å². The Morgan fingerprint density at radius 1 is 1.40 bits per heavy atom. The second kappa shape index (κ2) is 6.83. The number of rotatable bonds is 6. The molecule has 0 saturated heterocycles. The van der Waals surface area contributed by atoms with E-state index in [1.807, 2.05) is 0 Å². The summed E-state index contributed by atoms with van der Waals surface area (Å²) in [5.74, 6) is 0.875. The summed E-state index contributed by atoms with van der Waals surface area (Å²) in [6, 6.07) is 0.433. The maximum atomic E-state index is 11.4. The molecule has 0 aliphatic heterocycles. The Kier molecular flexibility index (Phi) is 5.69. The van der Waals surface area contributed by atoms with Crippen LogP contribution in [0.4, 0.5) is 0 Å². The Bertz CT molecular complexity index is 188. The van der Waals surface area contributed by atoms with Gasteiger partial charge in [-0.05, 0) is 32.1 Å². The number of nitrogens with one attached hydrogen (secondary N) is 2. The Labute approximate surface area is 93.0 Å². The summed E-state index contributed by atoms with van der Waals surface area (Å²) in [6.07, 6.45) is 6.32. The molecule has 0 aromatic rings. The van der Waals surface area contributed by atoms with E-state index in [-0.39, 0.29) is 5.91 Å². The molecule has 1 fully saturated rings. The summed E-state index contributed by atoms with van der Waals surface area (Å²) in [4.78, 5) is 11.4. The lowest BCUT2D eigenvalue weighted by Gasteiger charge is -2.13. The van der Waals surface area contributed by atoms with Crippen molar-refractivity contribution < 1.29 is 4.79 Å². The average Bonchev–Trinajstić information content (AvgIpc) is 2.75. The summed E-state index contributed by atoms with van der Waals surface area (Å²) >= 11 is 0. The zero-order valence-electron chi connectivity index (χ0n) is 10.0. The van der Waals surface area contributed by atoms with Crippen LogP contribution in [0.1, 0.15) is 46.0 Å². The van der Waals surface area contributed by atoms with Crippen LogP contribution in [0.3, 0.4) is 0 Å². The van der Waals surface area contributed by atoms with Crippen LogP contribution in [0.25, 0.3) is 0 Å². The summed E-state index contributed by atoms with van der Waals surface area (Å²) < 4.78 is 0. The molecule has 0 radical (unpaired) electrons. The fourth-order valence-corrected chi connectivity index (χ4v) is 1.95. The zero-order valence-corrected chi connectivity index (χ0v) is 10.0. The fraction of sp³-hybridized carbons (Fsp3) is 0.917. The predicted octanol–water partition coefficient (Wildman–Crippen LogP) is 1.68. The fourth-order valence-electron chi connectivity index (χ4n) is 1.95. The maximum Gasteiger partial charge on any atom is 0.233 e. The van der Waals surface area contributed by atoms with E-state index in [0.717, 1.165) is 18.9 Å². The highest BCUT2D eigenvalue weighted by Crippen LogP contribution is 2.23. The topological polar surface area (TPSA) is 41.1 Å². The standard InChI is InChI=1S/C12H24N2O/c1-3-10(2)13-9-12(15)14-8-11-6-4-5-7-11/h10-11,13H,3-9H2,1-2H3,(H,14,15). The van der Waals surface area contributed by atoms with Gasteiger partial charge < -0.3 is 10.6 Å². The molecular weight excluding hydrogens is 188 g/mol. The molecule has 3 nitrogen and oxygen atoms in total. The van der Waals surface area contributed by atoms with Crippen molar-refractivity contribution in [3.8, 4) is 0 Å². The van der Waals surface area contributed by atoms with Crippen LogP contribution in [-0.2, 0) is 4.79 Å². The van der Waals surface area contributed by atoms with Gasteiger partial charge in [0.15, 0.2) is 0 Å². The van der Waals surface area contributed by atoms with E-state index in [4.69, 9.17) is 0 Å². The highest BCUT2D eigenvalue weighted by molar-refractivity contribution is 5.77. The first-order chi connectivity index (χ1) is 7.22. The van der Waals surface area contributed by atoms with Crippen LogP contribution in [-0.4, -0.2) is 25.0 Å². The summed E-state index contributed by atoms with van der Waals surface area (Å²) in [7, 11) is 0. The average molecular weight is 212 g/mol. The van der Waals surface area contributed by atoms with Gasteiger partial charge in [-0.2, -0.15) is 0 Å². The minimum Gasteiger partial charge on any atom is -0.355 e. The van der Waals surface area contributed by atoms with E-state index in [9.17, 15) is 4.79 Å². The molecular formula is C12H24N2O. The third-order valence-corrected chi connectivity index (χ3v) is 3.29. The third kappa shape index (κ3) is 5.17. The number of carbonyl (C=O) groups excluding carboxylic acids is 1. The summed E-state index contributed by atoms with van der Waals surface area (Å²) in [5, 5.41) is 6.20. The molecule has 0 heterocycles. The van der Waals surface area contributed by atoms with Gasteiger partial charge in [0.05, 0.1) is 6.54 Å². The van der Waals surface area contributed by atoms with Crippen molar-refractivity contribution in [2.45, 2.75) is 52.0 Å². The minimum atomic E-state index is 0.141. The SMILES string of the molecule is CCC(C)NCC(=O)NCC1CCCC1. The smallest absolute Gasteiger partial charge is 0.233 e. The van der Waals surface area contributed by atoms with Crippen LogP contribution in [0.5, 0.6) is 0 Å². The van der Waals surface area contributed by atoms with Crippen molar-refractivity contribution in [2.75, 3.05) is 13.1 Å². The van der Waals surface area contributed by atoms with Gasteiger partial charge in [-0.15, -0.1) is 0 Å². The zero-order chi connectivity index (χ0) is 11.1. The highest BCUT2D eigenvalue weighted by Gasteiger charge is 2.15. The molecule has 1 rings (SSSR count). The van der Waals surface area contributed by atoms with Gasteiger partial charge in [-0.25, -0.2) is 0 Å². The summed E-state index contributed by atoms with van der Waals surface area (Å²) in [6.45, 7) is 5.56. The molecule has 1 aliphatic rings. The molecule has 1 saturated carbocycles. The van der Waals surface area contributed by atoms with Crippen molar-refractivity contribution in [1.82, 2.24) is 10.6 Å². The Morgan fingerprint density at radius 3 is 2.67 bits per heavy atom. The molecule has 15 heavy (non-hydrogen) atoms. The maximum absolute atomic E-state index is 11.4. The predicted molar refractivity (Wildman–Crippen MR) is 62.7 cm³/mol. The largest absolute Gasteiger partial charge is 0.355 e. The van der Waals surface area contributed by atoms with E-state index in [2.05, 4.69) is 24.5 Å². The summed E-state index contributed by atoms with van der Waals surface area (Å²) in [5.41, 5.74) is 0. The van der Waals surface area contributed by atoms with Crippen LogP contribution < -0.4 is 10.6 Å². The number of amides is 1. The molecule has 1 aliphatic carbocycles. The normalized spacial score (nSPS) is 19.1. The van der Waals surface area contributed by atoms with Crippen LogP contribution in [0.15, 0.2) is 0 Å². The third-order valence-electron chi connectivity index (χ3n) is 3.29. The van der Waals surface area contributed by atoms with Crippen molar-refractivity contribution >= 4 is 5.91 Å². The lowest BCUT2D eigenvalue weighted by Crippen LogP contribution is -2.39. The lowest BCUT2D eigenvalue weighted by molar-refractivity contribution is -0.120.